The van der Waals surface area contributed by atoms with Gasteiger partial charge in [0.2, 0.25) is 0 Å². The van der Waals surface area contributed by atoms with Crippen molar-refractivity contribution in [2.24, 2.45) is 0 Å². The van der Waals surface area contributed by atoms with Gasteiger partial charge in [0.05, 0.1) is 17.5 Å². The molecule has 96 valence electrons. The van der Waals surface area contributed by atoms with E-state index in [1.807, 2.05) is 6.92 Å². The molecule has 0 aliphatic rings. The van der Waals surface area contributed by atoms with Crippen molar-refractivity contribution in [3.05, 3.63) is 11.6 Å². The van der Waals surface area contributed by atoms with Crippen molar-refractivity contribution in [2.75, 3.05) is 7.11 Å². The number of alkyl halides is 1. The van der Waals surface area contributed by atoms with Crippen LogP contribution in [0.5, 0.6) is 0 Å². The molecule has 0 aliphatic heterocycles. The molecule has 0 amide bonds. The fraction of sp³-hybridized carbons (Fsp3) is 0.833. The van der Waals surface area contributed by atoms with Crippen LogP contribution in [0, 0.1) is 0 Å². The summed E-state index contributed by atoms with van der Waals surface area (Å²) in [5.74, 6) is -0.0881. The third-order valence-electron chi connectivity index (χ3n) is 2.40. The zero-order valence-corrected chi connectivity index (χ0v) is 12.1. The zero-order valence-electron chi connectivity index (χ0n) is 10.5. The average Bonchev–Trinajstić information content (AvgIpc) is 2.14. The third kappa shape index (κ3) is 5.30. The highest BCUT2D eigenvalue weighted by atomic mass is 79.9. The highest BCUT2D eigenvalue weighted by molar-refractivity contribution is 9.10. The molecule has 0 aromatic heterocycles. The van der Waals surface area contributed by atoms with Crippen molar-refractivity contribution in [3.63, 3.8) is 0 Å². The summed E-state index contributed by atoms with van der Waals surface area (Å²) in [5.41, 5.74) is 0. The minimum atomic E-state index is -0.695. The first-order valence-electron chi connectivity index (χ1n) is 5.65. The normalized spacial score (nSPS) is 18.7. The van der Waals surface area contributed by atoms with Gasteiger partial charge in [-0.05, 0) is 20.3 Å². The number of hydrogen-bond donors (Lipinski definition) is 1. The van der Waals surface area contributed by atoms with E-state index in [4.69, 9.17) is 9.84 Å². The van der Waals surface area contributed by atoms with Crippen LogP contribution < -0.4 is 0 Å². The first-order valence-corrected chi connectivity index (χ1v) is 6.44. The van der Waals surface area contributed by atoms with Crippen LogP contribution in [0.2, 0.25) is 0 Å². The molecule has 0 aliphatic carbocycles. The van der Waals surface area contributed by atoms with Crippen molar-refractivity contribution in [1.29, 1.82) is 0 Å². The van der Waals surface area contributed by atoms with E-state index in [0.717, 1.165) is 19.3 Å². The zero-order chi connectivity index (χ0) is 12.8. The van der Waals surface area contributed by atoms with Gasteiger partial charge in [-0.3, -0.25) is 0 Å². The summed E-state index contributed by atoms with van der Waals surface area (Å²) in [6, 6.07) is 0. The van der Waals surface area contributed by atoms with Crippen molar-refractivity contribution in [3.8, 4) is 0 Å². The predicted octanol–water partition coefficient (Wildman–Crippen LogP) is 3.93. The standard InChI is InChI=1S/C12H22BrFO2/c1-5-6-7-12(3,13)11(16-4)10(14)8-9(2)15/h9,15H,5-8H2,1-4H3/b11-10-. The van der Waals surface area contributed by atoms with E-state index < -0.39 is 10.4 Å². The van der Waals surface area contributed by atoms with Crippen LogP contribution in [-0.4, -0.2) is 22.6 Å². The second kappa shape index (κ2) is 7.28. The van der Waals surface area contributed by atoms with Gasteiger partial charge in [-0.1, -0.05) is 35.7 Å². The molecule has 0 fully saturated rings. The highest BCUT2D eigenvalue weighted by Gasteiger charge is 2.30. The Balaban J connectivity index is 4.80. The molecule has 4 heteroatoms. The molecule has 0 bridgehead atoms. The van der Waals surface area contributed by atoms with Crippen LogP contribution in [0.4, 0.5) is 4.39 Å². The molecular formula is C12H22BrFO2. The van der Waals surface area contributed by atoms with Crippen LogP contribution in [0.1, 0.15) is 46.5 Å². The first-order chi connectivity index (χ1) is 7.35. The lowest BCUT2D eigenvalue weighted by Crippen LogP contribution is -2.22. The number of hydrogen-bond acceptors (Lipinski definition) is 2. The molecule has 0 saturated heterocycles. The van der Waals surface area contributed by atoms with Crippen LogP contribution in [0.3, 0.4) is 0 Å². The number of rotatable bonds is 7. The number of unbranched alkanes of at least 4 members (excludes halogenated alkanes) is 1. The lowest BCUT2D eigenvalue weighted by molar-refractivity contribution is 0.175. The molecule has 0 aromatic rings. The second-order valence-corrected chi connectivity index (χ2v) is 6.04. The maximum Gasteiger partial charge on any atom is 0.143 e. The van der Waals surface area contributed by atoms with Crippen LogP contribution in [0.25, 0.3) is 0 Å². The number of aliphatic hydroxyl groups is 1. The Morgan fingerprint density at radius 3 is 2.50 bits per heavy atom. The Morgan fingerprint density at radius 2 is 2.12 bits per heavy atom. The molecule has 1 N–H and O–H groups in total. The van der Waals surface area contributed by atoms with E-state index in [1.165, 1.54) is 7.11 Å². The monoisotopic (exact) mass is 296 g/mol. The predicted molar refractivity (Wildman–Crippen MR) is 68.3 cm³/mol. The first kappa shape index (κ1) is 15.9. The molecule has 0 saturated carbocycles. The Kier molecular flexibility index (Phi) is 7.24. The number of aliphatic hydroxyl groups excluding tert-OH is 1. The van der Waals surface area contributed by atoms with E-state index in [0.29, 0.717) is 5.76 Å². The third-order valence-corrected chi connectivity index (χ3v) is 3.16. The van der Waals surface area contributed by atoms with Gasteiger partial charge in [-0.25, -0.2) is 4.39 Å². The maximum absolute atomic E-state index is 13.8. The molecule has 0 radical (unpaired) electrons. The molecule has 0 heterocycles. The smallest absolute Gasteiger partial charge is 0.143 e. The molecule has 0 spiro atoms. The average molecular weight is 297 g/mol. The summed E-state index contributed by atoms with van der Waals surface area (Å²) in [5, 5.41) is 9.16. The number of allylic oxidation sites excluding steroid dienone is 1. The van der Waals surface area contributed by atoms with Gasteiger partial charge < -0.3 is 9.84 Å². The molecular weight excluding hydrogens is 275 g/mol. The molecule has 2 nitrogen and oxygen atoms in total. The highest BCUT2D eigenvalue weighted by Crippen LogP contribution is 2.36. The van der Waals surface area contributed by atoms with Crippen molar-refractivity contribution < 1.29 is 14.2 Å². The van der Waals surface area contributed by atoms with Gasteiger partial charge in [0.15, 0.2) is 0 Å². The lowest BCUT2D eigenvalue weighted by atomic mass is 10.00. The van der Waals surface area contributed by atoms with Crippen molar-refractivity contribution in [1.82, 2.24) is 0 Å². The quantitative estimate of drug-likeness (QED) is 0.570. The summed E-state index contributed by atoms with van der Waals surface area (Å²) < 4.78 is 18.4. The van der Waals surface area contributed by atoms with Gasteiger partial charge in [0, 0.05) is 6.42 Å². The van der Waals surface area contributed by atoms with Gasteiger partial charge in [-0.15, -0.1) is 0 Å². The molecule has 2 atom stereocenters. The largest absolute Gasteiger partial charge is 0.497 e. The van der Waals surface area contributed by atoms with Crippen molar-refractivity contribution in [2.45, 2.75) is 56.9 Å². The second-order valence-electron chi connectivity index (χ2n) is 4.29. The summed E-state index contributed by atoms with van der Waals surface area (Å²) in [6.45, 7) is 5.54. The fourth-order valence-corrected chi connectivity index (χ4v) is 2.24. The van der Waals surface area contributed by atoms with E-state index in [-0.39, 0.29) is 12.2 Å². The summed E-state index contributed by atoms with van der Waals surface area (Å²) in [7, 11) is 1.46. The molecule has 0 aromatic carbocycles. The maximum atomic E-state index is 13.8. The SMILES string of the molecule is CCCCC(C)(Br)/C(OC)=C(/F)CC(C)O. The van der Waals surface area contributed by atoms with Crippen LogP contribution in [0.15, 0.2) is 11.6 Å². The molecule has 0 rings (SSSR count). The fourth-order valence-electron chi connectivity index (χ4n) is 1.58. The summed E-state index contributed by atoms with van der Waals surface area (Å²) in [6.07, 6.45) is 2.16. The van der Waals surface area contributed by atoms with Gasteiger partial charge >= 0.3 is 0 Å². The van der Waals surface area contributed by atoms with Gasteiger partial charge in [-0.2, -0.15) is 0 Å². The Hall–Kier alpha value is -0.0900. The summed E-state index contributed by atoms with van der Waals surface area (Å²) in [4.78, 5) is 0. The van der Waals surface area contributed by atoms with Gasteiger partial charge in [0.25, 0.3) is 0 Å². The minimum absolute atomic E-state index is 0.00348. The van der Waals surface area contributed by atoms with E-state index >= 15 is 0 Å². The van der Waals surface area contributed by atoms with E-state index in [1.54, 1.807) is 6.92 Å². The van der Waals surface area contributed by atoms with Crippen LogP contribution in [-0.2, 0) is 4.74 Å². The number of ether oxygens (including phenoxy) is 1. The Labute approximate surface area is 106 Å². The van der Waals surface area contributed by atoms with E-state index in [9.17, 15) is 4.39 Å². The Bertz CT molecular complexity index is 237. The number of halogens is 2. The van der Waals surface area contributed by atoms with E-state index in [2.05, 4.69) is 22.9 Å². The lowest BCUT2D eigenvalue weighted by Gasteiger charge is -2.25. The molecule has 16 heavy (non-hydrogen) atoms. The van der Waals surface area contributed by atoms with Gasteiger partial charge in [0.1, 0.15) is 11.6 Å². The Morgan fingerprint density at radius 1 is 1.56 bits per heavy atom. The van der Waals surface area contributed by atoms with Crippen molar-refractivity contribution >= 4 is 15.9 Å². The van der Waals surface area contributed by atoms with Crippen LogP contribution >= 0.6 is 15.9 Å². The topological polar surface area (TPSA) is 29.5 Å². The summed E-state index contributed by atoms with van der Waals surface area (Å²) >= 11 is 3.50. The molecule has 2 unspecified atom stereocenters. The minimum Gasteiger partial charge on any atom is -0.497 e. The number of methoxy groups -OCH3 is 1.